The number of nitrogens with one attached hydrogen (secondary N) is 1. The fourth-order valence-corrected chi connectivity index (χ4v) is 1.99. The van der Waals surface area contributed by atoms with Gasteiger partial charge in [-0.2, -0.15) is 0 Å². The molecule has 1 aliphatic heterocycles. The predicted molar refractivity (Wildman–Crippen MR) is 58.3 cm³/mol. The zero-order chi connectivity index (χ0) is 10.6. The quantitative estimate of drug-likeness (QED) is 0.741. The molecule has 2 amide bonds. The topological polar surface area (TPSA) is 32.3 Å². The van der Waals surface area contributed by atoms with Crippen molar-refractivity contribution in [2.45, 2.75) is 46.1 Å². The maximum absolute atomic E-state index is 11.7. The monoisotopic (exact) mass is 198 g/mol. The first-order chi connectivity index (χ1) is 6.59. The smallest absolute Gasteiger partial charge is 0.317 e. The molecule has 0 saturated carbocycles. The lowest BCUT2D eigenvalue weighted by Crippen LogP contribution is -2.42. The summed E-state index contributed by atoms with van der Waals surface area (Å²) >= 11 is 0. The minimum atomic E-state index is 0.121. The number of likely N-dealkylation sites (tertiary alicyclic amines) is 1. The third kappa shape index (κ3) is 3.56. The number of rotatable bonds is 3. The number of hydrogen-bond acceptors (Lipinski definition) is 1. The molecular formula is C11H22N2O. The van der Waals surface area contributed by atoms with E-state index in [1.165, 1.54) is 0 Å². The molecule has 0 radical (unpaired) electrons. The molecule has 0 spiro atoms. The molecule has 0 aromatic rings. The fraction of sp³-hybridized carbons (Fsp3) is 0.909. The van der Waals surface area contributed by atoms with Gasteiger partial charge in [-0.3, -0.25) is 0 Å². The average Bonchev–Trinajstić information content (AvgIpc) is 2.53. The first-order valence-electron chi connectivity index (χ1n) is 5.65. The number of hydrogen-bond donors (Lipinski definition) is 1. The third-order valence-corrected chi connectivity index (χ3v) is 2.59. The minimum absolute atomic E-state index is 0.121. The summed E-state index contributed by atoms with van der Waals surface area (Å²) in [6.07, 6.45) is 3.37. The van der Waals surface area contributed by atoms with Crippen molar-refractivity contribution < 1.29 is 4.79 Å². The summed E-state index contributed by atoms with van der Waals surface area (Å²) in [6, 6.07) is 0.416. The van der Waals surface area contributed by atoms with E-state index in [1.807, 2.05) is 4.90 Å². The van der Waals surface area contributed by atoms with E-state index in [1.54, 1.807) is 0 Å². The van der Waals surface area contributed by atoms with Crippen LogP contribution in [-0.2, 0) is 0 Å². The number of nitrogens with zero attached hydrogens (tertiary/aromatic N) is 1. The number of carbonyl (C=O) groups excluding carboxylic acids is 1. The van der Waals surface area contributed by atoms with Crippen molar-refractivity contribution in [1.29, 1.82) is 0 Å². The van der Waals surface area contributed by atoms with Crippen LogP contribution in [0.25, 0.3) is 0 Å². The molecule has 0 aliphatic carbocycles. The maximum Gasteiger partial charge on any atom is 0.317 e. The summed E-state index contributed by atoms with van der Waals surface area (Å²) in [4.78, 5) is 13.6. The molecule has 0 bridgehead atoms. The van der Waals surface area contributed by atoms with E-state index in [-0.39, 0.29) is 6.03 Å². The lowest BCUT2D eigenvalue weighted by atomic mass is 10.1. The second kappa shape index (κ2) is 5.23. The van der Waals surface area contributed by atoms with Crippen LogP contribution in [0.2, 0.25) is 0 Å². The summed E-state index contributed by atoms with van der Waals surface area (Å²) in [6.45, 7) is 8.30. The Kier molecular flexibility index (Phi) is 4.23. The second-order valence-electron chi connectivity index (χ2n) is 4.67. The molecule has 3 nitrogen and oxygen atoms in total. The molecule has 1 heterocycles. The molecule has 1 saturated heterocycles. The van der Waals surface area contributed by atoms with Gasteiger partial charge in [0, 0.05) is 19.1 Å². The van der Waals surface area contributed by atoms with Gasteiger partial charge in [0.1, 0.15) is 0 Å². The Morgan fingerprint density at radius 3 is 2.36 bits per heavy atom. The highest BCUT2D eigenvalue weighted by molar-refractivity contribution is 5.74. The first-order valence-corrected chi connectivity index (χ1v) is 5.65. The van der Waals surface area contributed by atoms with Gasteiger partial charge in [-0.1, -0.05) is 13.8 Å². The van der Waals surface area contributed by atoms with Crippen molar-refractivity contribution in [1.82, 2.24) is 10.2 Å². The van der Waals surface area contributed by atoms with Crippen LogP contribution >= 0.6 is 0 Å². The van der Waals surface area contributed by atoms with Gasteiger partial charge in [-0.25, -0.2) is 4.79 Å². The van der Waals surface area contributed by atoms with Gasteiger partial charge in [-0.15, -0.1) is 0 Å². The molecule has 1 atom stereocenters. The molecule has 0 aromatic heterocycles. The van der Waals surface area contributed by atoms with Gasteiger partial charge >= 0.3 is 6.03 Å². The molecular weight excluding hydrogens is 176 g/mol. The van der Waals surface area contributed by atoms with E-state index >= 15 is 0 Å². The van der Waals surface area contributed by atoms with E-state index in [4.69, 9.17) is 0 Å². The molecule has 1 rings (SSSR count). The Morgan fingerprint density at radius 1 is 1.29 bits per heavy atom. The summed E-state index contributed by atoms with van der Waals surface area (Å²) in [7, 11) is 0. The van der Waals surface area contributed by atoms with Crippen LogP contribution in [0.1, 0.15) is 40.0 Å². The standard InChI is InChI=1S/C11H22N2O/c1-9(2)8-10(3)12-11(14)13-6-4-5-7-13/h9-10H,4-8H2,1-3H3,(H,12,14). The summed E-state index contributed by atoms with van der Waals surface area (Å²) in [5.41, 5.74) is 0. The Balaban J connectivity index is 2.25. The largest absolute Gasteiger partial charge is 0.336 e. The molecule has 1 aliphatic rings. The normalized spacial score (nSPS) is 18.7. The van der Waals surface area contributed by atoms with Crippen LogP contribution < -0.4 is 5.32 Å². The Labute approximate surface area is 86.9 Å². The number of amides is 2. The lowest BCUT2D eigenvalue weighted by molar-refractivity contribution is 0.204. The second-order valence-corrected chi connectivity index (χ2v) is 4.67. The molecule has 14 heavy (non-hydrogen) atoms. The molecule has 3 heteroatoms. The minimum Gasteiger partial charge on any atom is -0.336 e. The highest BCUT2D eigenvalue weighted by Crippen LogP contribution is 2.09. The van der Waals surface area contributed by atoms with Gasteiger partial charge < -0.3 is 10.2 Å². The zero-order valence-corrected chi connectivity index (χ0v) is 9.55. The van der Waals surface area contributed by atoms with Crippen LogP contribution in [0.4, 0.5) is 4.79 Å². The third-order valence-electron chi connectivity index (χ3n) is 2.59. The van der Waals surface area contributed by atoms with E-state index in [2.05, 4.69) is 26.1 Å². The van der Waals surface area contributed by atoms with Gasteiger partial charge in [0.2, 0.25) is 0 Å². The van der Waals surface area contributed by atoms with Gasteiger partial charge in [0.05, 0.1) is 0 Å². The summed E-state index contributed by atoms with van der Waals surface area (Å²) < 4.78 is 0. The van der Waals surface area contributed by atoms with Gasteiger partial charge in [0.15, 0.2) is 0 Å². The van der Waals surface area contributed by atoms with Crippen molar-refractivity contribution in [2.24, 2.45) is 5.92 Å². The number of carbonyl (C=O) groups is 1. The Morgan fingerprint density at radius 2 is 1.86 bits per heavy atom. The van der Waals surface area contributed by atoms with Crippen molar-refractivity contribution in [3.63, 3.8) is 0 Å². The molecule has 1 N–H and O–H groups in total. The zero-order valence-electron chi connectivity index (χ0n) is 9.55. The summed E-state index contributed by atoms with van der Waals surface area (Å²) in [5, 5.41) is 3.04. The fourth-order valence-electron chi connectivity index (χ4n) is 1.99. The van der Waals surface area contributed by atoms with Crippen LogP contribution in [0, 0.1) is 5.92 Å². The van der Waals surface area contributed by atoms with Crippen LogP contribution in [0.15, 0.2) is 0 Å². The van der Waals surface area contributed by atoms with Crippen LogP contribution in [0.3, 0.4) is 0 Å². The van der Waals surface area contributed by atoms with Crippen molar-refractivity contribution in [2.75, 3.05) is 13.1 Å². The van der Waals surface area contributed by atoms with Crippen molar-refractivity contribution in [3.05, 3.63) is 0 Å². The van der Waals surface area contributed by atoms with Crippen molar-refractivity contribution >= 4 is 6.03 Å². The number of urea groups is 1. The van der Waals surface area contributed by atoms with E-state index in [9.17, 15) is 4.79 Å². The van der Waals surface area contributed by atoms with E-state index < -0.39 is 0 Å². The lowest BCUT2D eigenvalue weighted by Gasteiger charge is -2.21. The van der Waals surface area contributed by atoms with E-state index in [0.29, 0.717) is 12.0 Å². The average molecular weight is 198 g/mol. The van der Waals surface area contributed by atoms with Gasteiger partial charge in [0.25, 0.3) is 0 Å². The molecule has 1 unspecified atom stereocenters. The maximum atomic E-state index is 11.7. The first kappa shape index (κ1) is 11.3. The SMILES string of the molecule is CC(C)CC(C)NC(=O)N1CCCC1. The molecule has 82 valence electrons. The Hall–Kier alpha value is -0.730. The van der Waals surface area contributed by atoms with E-state index in [0.717, 1.165) is 32.4 Å². The van der Waals surface area contributed by atoms with Crippen molar-refractivity contribution in [3.8, 4) is 0 Å². The highest BCUT2D eigenvalue weighted by Gasteiger charge is 2.19. The molecule has 0 aromatic carbocycles. The highest BCUT2D eigenvalue weighted by atomic mass is 16.2. The van der Waals surface area contributed by atoms with Crippen LogP contribution in [0.5, 0.6) is 0 Å². The predicted octanol–water partition coefficient (Wildman–Crippen LogP) is 2.23. The summed E-state index contributed by atoms with van der Waals surface area (Å²) in [5.74, 6) is 0.642. The van der Waals surface area contributed by atoms with Gasteiger partial charge in [-0.05, 0) is 32.1 Å². The van der Waals surface area contributed by atoms with Crippen LogP contribution in [-0.4, -0.2) is 30.1 Å². The Bertz CT molecular complexity index is 186. The molecule has 1 fully saturated rings.